The number of carbonyl (C=O) groups is 2. The highest BCUT2D eigenvalue weighted by atomic mass is 32.1. The van der Waals surface area contributed by atoms with Crippen LogP contribution in [0.2, 0.25) is 0 Å². The molecule has 1 aromatic carbocycles. The van der Waals surface area contributed by atoms with Gasteiger partial charge in [0.2, 0.25) is 5.91 Å². The Morgan fingerprint density at radius 1 is 1.12 bits per heavy atom. The van der Waals surface area contributed by atoms with Crippen LogP contribution in [-0.4, -0.2) is 24.0 Å². The van der Waals surface area contributed by atoms with Gasteiger partial charge in [-0.3, -0.25) is 4.79 Å². The summed E-state index contributed by atoms with van der Waals surface area (Å²) in [5.74, 6) is -0.274. The standard InChI is InChI=1S/C20H23NO3S/c1-13-8-10-15(11-9-13)19(22)21(2)16-12-17(25-18(16)20(23)24)14-6-4-3-5-7-14/h3-7,12-13,15H,8-11H2,1-2H3,(H,23,24). The summed E-state index contributed by atoms with van der Waals surface area (Å²) in [6.07, 6.45) is 3.91. The summed E-state index contributed by atoms with van der Waals surface area (Å²) >= 11 is 1.22. The van der Waals surface area contributed by atoms with Gasteiger partial charge < -0.3 is 10.0 Å². The molecule has 0 saturated heterocycles. The van der Waals surface area contributed by atoms with E-state index >= 15 is 0 Å². The van der Waals surface area contributed by atoms with Crippen molar-refractivity contribution < 1.29 is 14.7 Å². The monoisotopic (exact) mass is 357 g/mol. The molecule has 0 unspecified atom stereocenters. The third-order valence-electron chi connectivity index (χ3n) is 5.02. The molecule has 0 atom stereocenters. The van der Waals surface area contributed by atoms with Gasteiger partial charge in [-0.15, -0.1) is 11.3 Å². The zero-order valence-corrected chi connectivity index (χ0v) is 15.4. The third-order valence-corrected chi connectivity index (χ3v) is 6.18. The van der Waals surface area contributed by atoms with Crippen molar-refractivity contribution in [3.05, 3.63) is 41.3 Å². The molecule has 0 spiro atoms. The quantitative estimate of drug-likeness (QED) is 0.846. The minimum Gasteiger partial charge on any atom is -0.477 e. The number of rotatable bonds is 4. The highest BCUT2D eigenvalue weighted by molar-refractivity contribution is 7.18. The SMILES string of the molecule is CC1CCC(C(=O)N(C)c2cc(-c3ccccc3)sc2C(=O)O)CC1. The van der Waals surface area contributed by atoms with Gasteiger partial charge >= 0.3 is 5.97 Å². The number of carboxylic acids is 1. The molecule has 1 aliphatic rings. The van der Waals surface area contributed by atoms with Gasteiger partial charge in [-0.2, -0.15) is 0 Å². The van der Waals surface area contributed by atoms with E-state index in [4.69, 9.17) is 0 Å². The van der Waals surface area contributed by atoms with Gasteiger partial charge in [-0.05, 0) is 43.2 Å². The highest BCUT2D eigenvalue weighted by Crippen LogP contribution is 2.38. The predicted molar refractivity (Wildman–Crippen MR) is 101 cm³/mol. The summed E-state index contributed by atoms with van der Waals surface area (Å²) in [6, 6.07) is 11.5. The lowest BCUT2D eigenvalue weighted by molar-refractivity contribution is -0.123. The van der Waals surface area contributed by atoms with E-state index in [0.29, 0.717) is 11.6 Å². The fourth-order valence-electron chi connectivity index (χ4n) is 3.43. The molecule has 0 radical (unpaired) electrons. The highest BCUT2D eigenvalue weighted by Gasteiger charge is 2.30. The summed E-state index contributed by atoms with van der Waals surface area (Å²) in [5, 5.41) is 9.57. The molecule has 1 heterocycles. The van der Waals surface area contributed by atoms with E-state index in [-0.39, 0.29) is 16.7 Å². The Balaban J connectivity index is 1.88. The summed E-state index contributed by atoms with van der Waals surface area (Å²) in [4.78, 5) is 27.2. The fraction of sp³-hybridized carbons (Fsp3) is 0.400. The zero-order valence-electron chi connectivity index (χ0n) is 14.6. The van der Waals surface area contributed by atoms with Crippen molar-refractivity contribution in [2.75, 3.05) is 11.9 Å². The normalized spacial score (nSPS) is 20.2. The van der Waals surface area contributed by atoms with E-state index < -0.39 is 5.97 Å². The summed E-state index contributed by atoms with van der Waals surface area (Å²) in [6.45, 7) is 2.22. The Morgan fingerprint density at radius 3 is 2.36 bits per heavy atom. The van der Waals surface area contributed by atoms with Crippen molar-refractivity contribution in [3.8, 4) is 10.4 Å². The van der Waals surface area contributed by atoms with Crippen LogP contribution in [0.15, 0.2) is 36.4 Å². The third kappa shape index (κ3) is 3.76. The second-order valence-corrected chi connectivity index (χ2v) is 7.90. The minimum absolute atomic E-state index is 0.00270. The molecule has 1 amide bonds. The summed E-state index contributed by atoms with van der Waals surface area (Å²) in [5.41, 5.74) is 1.47. The second-order valence-electron chi connectivity index (χ2n) is 6.85. The van der Waals surface area contributed by atoms with Crippen molar-refractivity contribution in [2.45, 2.75) is 32.6 Å². The maximum atomic E-state index is 12.9. The van der Waals surface area contributed by atoms with Crippen molar-refractivity contribution in [1.29, 1.82) is 0 Å². The lowest BCUT2D eigenvalue weighted by Gasteiger charge is -2.29. The number of anilines is 1. The lowest BCUT2D eigenvalue weighted by Crippen LogP contribution is -2.35. The molecule has 1 fully saturated rings. The molecule has 1 aliphatic carbocycles. The van der Waals surface area contributed by atoms with Crippen LogP contribution >= 0.6 is 11.3 Å². The first kappa shape index (κ1) is 17.7. The molecule has 0 aliphatic heterocycles. The number of carboxylic acid groups (broad SMARTS) is 1. The fourth-order valence-corrected chi connectivity index (χ4v) is 4.46. The van der Waals surface area contributed by atoms with E-state index in [2.05, 4.69) is 6.92 Å². The molecular formula is C20H23NO3S. The summed E-state index contributed by atoms with van der Waals surface area (Å²) in [7, 11) is 1.70. The van der Waals surface area contributed by atoms with Gasteiger partial charge in [0.25, 0.3) is 0 Å². The average molecular weight is 357 g/mol. The number of hydrogen-bond donors (Lipinski definition) is 1. The maximum Gasteiger partial charge on any atom is 0.348 e. The van der Waals surface area contributed by atoms with E-state index in [1.165, 1.54) is 11.3 Å². The Morgan fingerprint density at radius 2 is 1.76 bits per heavy atom. The van der Waals surface area contributed by atoms with E-state index in [0.717, 1.165) is 36.1 Å². The topological polar surface area (TPSA) is 57.6 Å². The van der Waals surface area contributed by atoms with Crippen molar-refractivity contribution >= 4 is 28.9 Å². The molecule has 3 rings (SSSR count). The lowest BCUT2D eigenvalue weighted by atomic mass is 9.82. The molecule has 5 heteroatoms. The van der Waals surface area contributed by atoms with Crippen LogP contribution in [0.3, 0.4) is 0 Å². The number of nitrogens with zero attached hydrogens (tertiary/aromatic N) is 1. The molecule has 1 aromatic heterocycles. The van der Waals surface area contributed by atoms with Crippen LogP contribution in [0, 0.1) is 11.8 Å². The number of carbonyl (C=O) groups excluding carboxylic acids is 1. The van der Waals surface area contributed by atoms with Crippen molar-refractivity contribution in [1.82, 2.24) is 0 Å². The number of aromatic carboxylic acids is 1. The van der Waals surface area contributed by atoms with Crippen molar-refractivity contribution in [3.63, 3.8) is 0 Å². The first-order valence-corrected chi connectivity index (χ1v) is 9.49. The number of amides is 1. The first-order chi connectivity index (χ1) is 12.0. The van der Waals surface area contributed by atoms with Crippen LogP contribution in [-0.2, 0) is 4.79 Å². The van der Waals surface area contributed by atoms with E-state index in [1.807, 2.05) is 36.4 Å². The molecule has 2 aromatic rings. The largest absolute Gasteiger partial charge is 0.477 e. The first-order valence-electron chi connectivity index (χ1n) is 8.67. The molecule has 25 heavy (non-hydrogen) atoms. The average Bonchev–Trinajstić information content (AvgIpc) is 3.07. The van der Waals surface area contributed by atoms with Crippen LogP contribution < -0.4 is 4.90 Å². The molecule has 0 bridgehead atoms. The van der Waals surface area contributed by atoms with E-state index in [9.17, 15) is 14.7 Å². The Labute approximate surface area is 152 Å². The van der Waals surface area contributed by atoms with Crippen LogP contribution in [0.25, 0.3) is 10.4 Å². The van der Waals surface area contributed by atoms with Gasteiger partial charge in [-0.25, -0.2) is 4.79 Å². The number of hydrogen-bond acceptors (Lipinski definition) is 3. The van der Waals surface area contributed by atoms with Gasteiger partial charge in [0.1, 0.15) is 4.88 Å². The summed E-state index contributed by atoms with van der Waals surface area (Å²) < 4.78 is 0. The molecular weight excluding hydrogens is 334 g/mol. The number of benzene rings is 1. The van der Waals surface area contributed by atoms with Crippen LogP contribution in [0.1, 0.15) is 42.3 Å². The predicted octanol–water partition coefficient (Wildman–Crippen LogP) is 4.90. The van der Waals surface area contributed by atoms with Gasteiger partial charge in [0, 0.05) is 17.8 Å². The zero-order chi connectivity index (χ0) is 18.0. The Hall–Kier alpha value is -2.14. The molecule has 1 N–H and O–H groups in total. The molecule has 132 valence electrons. The van der Waals surface area contributed by atoms with Gasteiger partial charge in [0.05, 0.1) is 5.69 Å². The van der Waals surface area contributed by atoms with Gasteiger partial charge in [-0.1, -0.05) is 37.3 Å². The van der Waals surface area contributed by atoms with Crippen LogP contribution in [0.5, 0.6) is 0 Å². The number of thiophene rings is 1. The van der Waals surface area contributed by atoms with Crippen LogP contribution in [0.4, 0.5) is 5.69 Å². The second kappa shape index (κ2) is 7.40. The van der Waals surface area contributed by atoms with Gasteiger partial charge in [0.15, 0.2) is 0 Å². The smallest absolute Gasteiger partial charge is 0.348 e. The Kier molecular flexibility index (Phi) is 5.23. The Bertz CT molecular complexity index is 761. The van der Waals surface area contributed by atoms with E-state index in [1.54, 1.807) is 11.9 Å². The van der Waals surface area contributed by atoms with Crippen molar-refractivity contribution in [2.24, 2.45) is 11.8 Å². The molecule has 4 nitrogen and oxygen atoms in total. The molecule has 1 saturated carbocycles. The maximum absolute atomic E-state index is 12.9. The minimum atomic E-state index is -0.987.